The summed E-state index contributed by atoms with van der Waals surface area (Å²) in [6.07, 6.45) is 4.87. The maximum Gasteiger partial charge on any atom is 0.208 e. The smallest absolute Gasteiger partial charge is 0.208 e. The third-order valence-electron chi connectivity index (χ3n) is 5.45. The molecule has 0 saturated carbocycles. The van der Waals surface area contributed by atoms with Gasteiger partial charge < -0.3 is 24.7 Å². The number of aromatic nitrogens is 3. The second kappa shape index (κ2) is 7.77. The molecule has 0 radical (unpaired) electrons. The third-order valence-corrected chi connectivity index (χ3v) is 5.45. The van der Waals surface area contributed by atoms with Crippen LogP contribution in [0, 0.1) is 0 Å². The highest BCUT2D eigenvalue weighted by atomic mass is 16.5. The Morgan fingerprint density at radius 3 is 2.61 bits per heavy atom. The zero-order chi connectivity index (χ0) is 18.8. The van der Waals surface area contributed by atoms with Crippen LogP contribution in [0.4, 0.5) is 17.5 Å². The van der Waals surface area contributed by atoms with Crippen LogP contribution in [-0.4, -0.2) is 47.0 Å². The zero-order valence-corrected chi connectivity index (χ0v) is 15.8. The van der Waals surface area contributed by atoms with E-state index in [1.807, 2.05) is 36.5 Å². The van der Waals surface area contributed by atoms with Crippen LogP contribution < -0.4 is 10.6 Å². The van der Waals surface area contributed by atoms with Crippen molar-refractivity contribution < 1.29 is 9.47 Å². The molecule has 2 N–H and O–H groups in total. The minimum atomic E-state index is 0.273. The highest BCUT2D eigenvalue weighted by Gasteiger charge is 2.24. The van der Waals surface area contributed by atoms with Crippen molar-refractivity contribution in [3.05, 3.63) is 42.6 Å². The lowest BCUT2D eigenvalue weighted by molar-refractivity contribution is 0.0904. The van der Waals surface area contributed by atoms with Crippen molar-refractivity contribution in [2.75, 3.05) is 37.1 Å². The summed E-state index contributed by atoms with van der Waals surface area (Å²) >= 11 is 0. The van der Waals surface area contributed by atoms with Gasteiger partial charge in [-0.25, -0.2) is 9.97 Å². The standard InChI is InChI=1S/C21H25N5O2/c1-2-4-15(5-3-1)24-21-25-18-13-22-20(23-16-6-9-27-10-7-16)12-19(18)26(21)17-8-11-28-14-17/h1-5,12-13,16-17H,6-11,14H2,(H,22,23)(H,24,25). The predicted molar refractivity (Wildman–Crippen MR) is 109 cm³/mol. The summed E-state index contributed by atoms with van der Waals surface area (Å²) in [5.41, 5.74) is 2.99. The van der Waals surface area contributed by atoms with E-state index < -0.39 is 0 Å². The van der Waals surface area contributed by atoms with Gasteiger partial charge in [0.25, 0.3) is 0 Å². The fourth-order valence-electron chi connectivity index (χ4n) is 3.96. The Labute approximate surface area is 164 Å². The minimum Gasteiger partial charge on any atom is -0.381 e. The van der Waals surface area contributed by atoms with E-state index >= 15 is 0 Å². The monoisotopic (exact) mass is 379 g/mol. The fraction of sp³-hybridized carbons (Fsp3) is 0.429. The van der Waals surface area contributed by atoms with Crippen LogP contribution in [0.25, 0.3) is 11.0 Å². The van der Waals surface area contributed by atoms with Gasteiger partial charge in [0.2, 0.25) is 5.95 Å². The molecule has 28 heavy (non-hydrogen) atoms. The summed E-state index contributed by atoms with van der Waals surface area (Å²) in [6.45, 7) is 3.11. The SMILES string of the molecule is c1ccc(Nc2nc3cnc(NC4CCOCC4)cc3n2C2CCOC2)cc1. The number of nitrogens with zero attached hydrogens (tertiary/aromatic N) is 3. The van der Waals surface area contributed by atoms with E-state index in [4.69, 9.17) is 14.5 Å². The van der Waals surface area contributed by atoms with Crippen LogP contribution in [0.2, 0.25) is 0 Å². The van der Waals surface area contributed by atoms with E-state index in [1.54, 1.807) is 0 Å². The van der Waals surface area contributed by atoms with Crippen LogP contribution in [0.1, 0.15) is 25.3 Å². The van der Waals surface area contributed by atoms with Crippen molar-refractivity contribution >= 4 is 28.5 Å². The first kappa shape index (κ1) is 17.5. The van der Waals surface area contributed by atoms with Gasteiger partial charge in [-0.1, -0.05) is 18.2 Å². The van der Waals surface area contributed by atoms with Gasteiger partial charge in [-0.15, -0.1) is 0 Å². The quantitative estimate of drug-likeness (QED) is 0.704. The van der Waals surface area contributed by atoms with E-state index in [0.717, 1.165) is 67.6 Å². The molecule has 1 unspecified atom stereocenters. The summed E-state index contributed by atoms with van der Waals surface area (Å²) in [4.78, 5) is 9.43. The van der Waals surface area contributed by atoms with Gasteiger partial charge in [0.05, 0.1) is 24.4 Å². The predicted octanol–water partition coefficient (Wildman–Crippen LogP) is 3.73. The lowest BCUT2D eigenvalue weighted by atomic mass is 10.1. The highest BCUT2D eigenvalue weighted by Crippen LogP contribution is 2.32. The molecule has 4 heterocycles. The topological polar surface area (TPSA) is 73.2 Å². The Bertz CT molecular complexity index is 931. The minimum absolute atomic E-state index is 0.273. The molecule has 0 amide bonds. The average molecular weight is 379 g/mol. The number of rotatable bonds is 5. The van der Waals surface area contributed by atoms with Crippen LogP contribution in [0.3, 0.4) is 0 Å². The van der Waals surface area contributed by atoms with Crippen LogP contribution in [0.15, 0.2) is 42.6 Å². The summed E-state index contributed by atoms with van der Waals surface area (Å²) in [6, 6.07) is 12.9. The number of benzene rings is 1. The Balaban J connectivity index is 1.50. The van der Waals surface area contributed by atoms with Gasteiger partial charge in [0, 0.05) is 37.6 Å². The van der Waals surface area contributed by atoms with Crippen LogP contribution >= 0.6 is 0 Å². The Hall–Kier alpha value is -2.64. The number of hydrogen-bond donors (Lipinski definition) is 2. The van der Waals surface area contributed by atoms with Crippen LogP contribution in [0.5, 0.6) is 0 Å². The van der Waals surface area contributed by atoms with Gasteiger partial charge in [-0.3, -0.25) is 0 Å². The molecule has 2 aliphatic rings. The molecule has 0 spiro atoms. The molecule has 5 rings (SSSR count). The number of hydrogen-bond acceptors (Lipinski definition) is 6. The molecule has 0 aliphatic carbocycles. The van der Waals surface area contributed by atoms with Gasteiger partial charge in [0.15, 0.2) is 0 Å². The lowest BCUT2D eigenvalue weighted by Crippen LogP contribution is -2.28. The Morgan fingerprint density at radius 2 is 1.82 bits per heavy atom. The van der Waals surface area contributed by atoms with Crippen molar-refractivity contribution in [3.8, 4) is 0 Å². The summed E-state index contributed by atoms with van der Waals surface area (Å²) < 4.78 is 13.4. The zero-order valence-electron chi connectivity index (χ0n) is 15.8. The largest absolute Gasteiger partial charge is 0.381 e. The van der Waals surface area contributed by atoms with E-state index in [0.29, 0.717) is 12.6 Å². The number of pyridine rings is 1. The number of imidazole rings is 1. The van der Waals surface area contributed by atoms with Crippen LogP contribution in [-0.2, 0) is 9.47 Å². The molecule has 2 fully saturated rings. The molecule has 1 atom stereocenters. The van der Waals surface area contributed by atoms with Gasteiger partial charge in [0.1, 0.15) is 11.3 Å². The van der Waals surface area contributed by atoms with Crippen molar-refractivity contribution in [2.24, 2.45) is 0 Å². The Kier molecular flexibility index (Phi) is 4.85. The molecule has 3 aromatic rings. The first-order chi connectivity index (χ1) is 13.9. The molecule has 2 saturated heterocycles. The molecule has 2 aliphatic heterocycles. The molecule has 7 heteroatoms. The highest BCUT2D eigenvalue weighted by molar-refractivity contribution is 5.81. The van der Waals surface area contributed by atoms with Gasteiger partial charge in [-0.05, 0) is 31.4 Å². The van der Waals surface area contributed by atoms with Gasteiger partial charge >= 0.3 is 0 Å². The van der Waals surface area contributed by atoms with Gasteiger partial charge in [-0.2, -0.15) is 0 Å². The fourth-order valence-corrected chi connectivity index (χ4v) is 3.96. The molecule has 2 aromatic heterocycles. The second-order valence-corrected chi connectivity index (χ2v) is 7.40. The summed E-state index contributed by atoms with van der Waals surface area (Å²) in [5.74, 6) is 1.73. The molecule has 0 bridgehead atoms. The van der Waals surface area contributed by atoms with Crippen molar-refractivity contribution in [1.82, 2.24) is 14.5 Å². The number of nitrogens with one attached hydrogen (secondary N) is 2. The number of ether oxygens (including phenoxy) is 2. The van der Waals surface area contributed by atoms with Crippen molar-refractivity contribution in [2.45, 2.75) is 31.3 Å². The second-order valence-electron chi connectivity index (χ2n) is 7.40. The molecular formula is C21H25N5O2. The Morgan fingerprint density at radius 1 is 1.00 bits per heavy atom. The van der Waals surface area contributed by atoms with Crippen molar-refractivity contribution in [1.29, 1.82) is 0 Å². The van der Waals surface area contributed by atoms with E-state index in [-0.39, 0.29) is 6.04 Å². The number of anilines is 3. The molecular weight excluding hydrogens is 354 g/mol. The maximum absolute atomic E-state index is 5.67. The molecule has 1 aromatic carbocycles. The molecule has 7 nitrogen and oxygen atoms in total. The third kappa shape index (κ3) is 3.55. The first-order valence-electron chi connectivity index (χ1n) is 9.99. The maximum atomic E-state index is 5.67. The normalized spacial score (nSPS) is 20.5. The van der Waals surface area contributed by atoms with E-state index in [9.17, 15) is 0 Å². The molecule has 146 valence electrons. The van der Waals surface area contributed by atoms with Crippen molar-refractivity contribution in [3.63, 3.8) is 0 Å². The first-order valence-corrected chi connectivity index (χ1v) is 9.99. The summed E-state index contributed by atoms with van der Waals surface area (Å²) in [5, 5.41) is 7.04. The average Bonchev–Trinajstić information content (AvgIpc) is 3.37. The van der Waals surface area contributed by atoms with E-state index in [2.05, 4.69) is 26.3 Å². The number of fused-ring (bicyclic) bond motifs is 1. The lowest BCUT2D eigenvalue weighted by Gasteiger charge is -2.23. The number of para-hydroxylation sites is 1. The summed E-state index contributed by atoms with van der Waals surface area (Å²) in [7, 11) is 0. The van der Waals surface area contributed by atoms with E-state index in [1.165, 1.54) is 0 Å².